The highest BCUT2D eigenvalue weighted by molar-refractivity contribution is 6.30. The van der Waals surface area contributed by atoms with Crippen LogP contribution in [0.15, 0.2) is 48.5 Å². The van der Waals surface area contributed by atoms with Gasteiger partial charge in [-0.2, -0.15) is 0 Å². The molecule has 0 atom stereocenters. The second-order valence-corrected chi connectivity index (χ2v) is 5.71. The minimum atomic E-state index is -0.0199. The lowest BCUT2D eigenvalue weighted by Gasteiger charge is -2.17. The van der Waals surface area contributed by atoms with Crippen LogP contribution in [0.25, 0.3) is 0 Å². The molecule has 0 radical (unpaired) electrons. The number of carbonyl (C=O) groups excluding carboxylic acids is 1. The number of amides is 1. The second kappa shape index (κ2) is 8.56. The minimum absolute atomic E-state index is 0.0199. The van der Waals surface area contributed by atoms with Gasteiger partial charge >= 0.3 is 0 Å². The highest BCUT2D eigenvalue weighted by atomic mass is 35.5. The topological polar surface area (TPSA) is 41.6 Å². The molecule has 1 N–H and O–H groups in total. The molecule has 0 aliphatic heterocycles. The van der Waals surface area contributed by atoms with Crippen LogP contribution < -0.4 is 10.1 Å². The van der Waals surface area contributed by atoms with E-state index in [1.807, 2.05) is 43.4 Å². The molecule has 0 heterocycles. The molecule has 0 aliphatic rings. The third-order valence-corrected chi connectivity index (χ3v) is 3.65. The van der Waals surface area contributed by atoms with Gasteiger partial charge in [0.25, 0.3) is 5.91 Å². The van der Waals surface area contributed by atoms with Gasteiger partial charge in [-0.3, -0.25) is 4.79 Å². The van der Waals surface area contributed by atoms with Crippen molar-refractivity contribution in [1.82, 2.24) is 10.2 Å². The largest absolute Gasteiger partial charge is 0.489 e. The first-order valence-corrected chi connectivity index (χ1v) is 7.85. The molecule has 1 amide bonds. The highest BCUT2D eigenvalue weighted by Gasteiger charge is 2.11. The summed E-state index contributed by atoms with van der Waals surface area (Å²) in [5, 5.41) is 3.71. The van der Waals surface area contributed by atoms with Gasteiger partial charge in [0.15, 0.2) is 0 Å². The number of nitrogens with zero attached hydrogens (tertiary/aromatic N) is 1. The number of likely N-dealkylation sites (N-methyl/N-ethyl adjacent to an activating group) is 2. The third kappa shape index (κ3) is 5.27. The third-order valence-electron chi connectivity index (χ3n) is 3.42. The lowest BCUT2D eigenvalue weighted by atomic mass is 10.2. The number of ether oxygens (including phenoxy) is 1. The van der Waals surface area contributed by atoms with Crippen molar-refractivity contribution < 1.29 is 9.53 Å². The number of benzene rings is 2. The van der Waals surface area contributed by atoms with Gasteiger partial charge in [0.1, 0.15) is 12.4 Å². The number of nitrogens with one attached hydrogen (secondary N) is 1. The standard InChI is InChI=1S/C18H21ClN2O2/c1-20-9-10-21(2)18(22)15-6-4-8-17(12-15)23-13-14-5-3-7-16(19)11-14/h3-8,11-12,20H,9-10,13H2,1-2H3. The van der Waals surface area contributed by atoms with E-state index < -0.39 is 0 Å². The van der Waals surface area contributed by atoms with E-state index in [-0.39, 0.29) is 5.91 Å². The average Bonchev–Trinajstić information content (AvgIpc) is 2.57. The summed E-state index contributed by atoms with van der Waals surface area (Å²) in [6, 6.07) is 14.8. The van der Waals surface area contributed by atoms with Gasteiger partial charge in [-0.05, 0) is 42.9 Å². The van der Waals surface area contributed by atoms with Gasteiger partial charge in [-0.15, -0.1) is 0 Å². The van der Waals surface area contributed by atoms with Crippen LogP contribution in [0.4, 0.5) is 0 Å². The average molecular weight is 333 g/mol. The van der Waals surface area contributed by atoms with Gasteiger partial charge in [0.05, 0.1) is 0 Å². The van der Waals surface area contributed by atoms with Crippen LogP contribution in [0.5, 0.6) is 5.75 Å². The molecule has 0 aromatic heterocycles. The maximum atomic E-state index is 12.3. The van der Waals surface area contributed by atoms with Crippen molar-refractivity contribution in [3.8, 4) is 5.75 Å². The van der Waals surface area contributed by atoms with E-state index in [4.69, 9.17) is 16.3 Å². The molecular weight excluding hydrogens is 312 g/mol. The van der Waals surface area contributed by atoms with Crippen molar-refractivity contribution in [2.75, 3.05) is 27.2 Å². The Hall–Kier alpha value is -2.04. The van der Waals surface area contributed by atoms with Crippen molar-refractivity contribution in [2.24, 2.45) is 0 Å². The molecule has 0 unspecified atom stereocenters. The van der Waals surface area contributed by atoms with Crippen molar-refractivity contribution in [3.05, 3.63) is 64.7 Å². The molecule has 0 aliphatic carbocycles. The maximum Gasteiger partial charge on any atom is 0.253 e. The number of carbonyl (C=O) groups is 1. The zero-order chi connectivity index (χ0) is 16.7. The van der Waals surface area contributed by atoms with Crippen molar-refractivity contribution in [2.45, 2.75) is 6.61 Å². The van der Waals surface area contributed by atoms with Crippen LogP contribution >= 0.6 is 11.6 Å². The van der Waals surface area contributed by atoms with Gasteiger partial charge in [-0.25, -0.2) is 0 Å². The first-order chi connectivity index (χ1) is 11.1. The molecule has 0 saturated heterocycles. The molecule has 0 bridgehead atoms. The summed E-state index contributed by atoms with van der Waals surface area (Å²) in [7, 11) is 3.65. The van der Waals surface area contributed by atoms with Crippen molar-refractivity contribution in [3.63, 3.8) is 0 Å². The quantitative estimate of drug-likeness (QED) is 0.846. The Morgan fingerprint density at radius 1 is 1.22 bits per heavy atom. The Kier molecular flexibility index (Phi) is 6.44. The van der Waals surface area contributed by atoms with E-state index >= 15 is 0 Å². The lowest BCUT2D eigenvalue weighted by molar-refractivity contribution is 0.0796. The van der Waals surface area contributed by atoms with Crippen LogP contribution in [0.1, 0.15) is 15.9 Å². The Morgan fingerprint density at radius 3 is 2.74 bits per heavy atom. The highest BCUT2D eigenvalue weighted by Crippen LogP contribution is 2.17. The number of rotatable bonds is 7. The van der Waals surface area contributed by atoms with E-state index in [0.29, 0.717) is 29.5 Å². The molecule has 2 aromatic carbocycles. The van der Waals surface area contributed by atoms with E-state index in [9.17, 15) is 4.79 Å². The van der Waals surface area contributed by atoms with E-state index in [0.717, 1.165) is 12.1 Å². The monoisotopic (exact) mass is 332 g/mol. The van der Waals surface area contributed by atoms with Crippen LogP contribution in [0.2, 0.25) is 5.02 Å². The Bertz CT molecular complexity index is 661. The fourth-order valence-corrected chi connectivity index (χ4v) is 2.33. The molecule has 4 nitrogen and oxygen atoms in total. The van der Waals surface area contributed by atoms with E-state index in [1.165, 1.54) is 0 Å². The maximum absolute atomic E-state index is 12.3. The molecular formula is C18H21ClN2O2. The summed E-state index contributed by atoms with van der Waals surface area (Å²) in [5.41, 5.74) is 1.60. The molecule has 2 rings (SSSR count). The Labute approximate surface area is 142 Å². The predicted octanol–water partition coefficient (Wildman–Crippen LogP) is 3.21. The molecule has 0 saturated carbocycles. The van der Waals surface area contributed by atoms with Gasteiger partial charge in [0.2, 0.25) is 0 Å². The second-order valence-electron chi connectivity index (χ2n) is 5.28. The minimum Gasteiger partial charge on any atom is -0.489 e. The fourth-order valence-electron chi connectivity index (χ4n) is 2.11. The normalized spacial score (nSPS) is 10.4. The number of hydrogen-bond acceptors (Lipinski definition) is 3. The Balaban J connectivity index is 2.00. The summed E-state index contributed by atoms with van der Waals surface area (Å²) in [6.45, 7) is 1.82. The number of halogens is 1. The van der Waals surface area contributed by atoms with E-state index in [2.05, 4.69) is 5.32 Å². The smallest absolute Gasteiger partial charge is 0.253 e. The Morgan fingerprint density at radius 2 is 2.00 bits per heavy atom. The summed E-state index contributed by atoms with van der Waals surface area (Å²) in [5.74, 6) is 0.645. The predicted molar refractivity (Wildman–Crippen MR) is 93.1 cm³/mol. The molecule has 0 fully saturated rings. The zero-order valence-electron chi connectivity index (χ0n) is 13.4. The molecule has 23 heavy (non-hydrogen) atoms. The zero-order valence-corrected chi connectivity index (χ0v) is 14.1. The first kappa shape index (κ1) is 17.3. The summed E-state index contributed by atoms with van der Waals surface area (Å²) >= 11 is 5.96. The SMILES string of the molecule is CNCCN(C)C(=O)c1cccc(OCc2cccc(Cl)c2)c1. The van der Waals surface area contributed by atoms with Crippen molar-refractivity contribution >= 4 is 17.5 Å². The van der Waals surface area contributed by atoms with Gasteiger partial charge in [0, 0.05) is 30.7 Å². The lowest BCUT2D eigenvalue weighted by Crippen LogP contribution is -2.32. The molecule has 122 valence electrons. The van der Waals surface area contributed by atoms with Crippen LogP contribution in [0.3, 0.4) is 0 Å². The molecule has 5 heteroatoms. The van der Waals surface area contributed by atoms with Crippen LogP contribution in [-0.2, 0) is 6.61 Å². The van der Waals surface area contributed by atoms with Crippen LogP contribution in [-0.4, -0.2) is 38.0 Å². The summed E-state index contributed by atoms with van der Waals surface area (Å²) < 4.78 is 5.76. The summed E-state index contributed by atoms with van der Waals surface area (Å²) in [4.78, 5) is 14.0. The number of hydrogen-bond donors (Lipinski definition) is 1. The van der Waals surface area contributed by atoms with Gasteiger partial charge < -0.3 is 15.0 Å². The fraction of sp³-hybridized carbons (Fsp3) is 0.278. The van der Waals surface area contributed by atoms with Crippen LogP contribution in [0, 0.1) is 0 Å². The van der Waals surface area contributed by atoms with Crippen molar-refractivity contribution in [1.29, 1.82) is 0 Å². The van der Waals surface area contributed by atoms with E-state index in [1.54, 1.807) is 24.1 Å². The first-order valence-electron chi connectivity index (χ1n) is 7.47. The molecule has 2 aromatic rings. The van der Waals surface area contributed by atoms with Gasteiger partial charge in [-0.1, -0.05) is 29.8 Å². The molecule has 0 spiro atoms. The summed E-state index contributed by atoms with van der Waals surface area (Å²) in [6.07, 6.45) is 0.